The van der Waals surface area contributed by atoms with Crippen molar-refractivity contribution in [2.75, 3.05) is 5.88 Å². The Labute approximate surface area is 66.7 Å². The van der Waals surface area contributed by atoms with Crippen molar-refractivity contribution in [2.45, 2.75) is 37.9 Å². The van der Waals surface area contributed by atoms with Gasteiger partial charge in [-0.25, -0.2) is 0 Å². The topological polar surface area (TPSA) is 9.23 Å². The highest BCUT2D eigenvalue weighted by molar-refractivity contribution is 6.18. The molecule has 0 N–H and O–H groups in total. The van der Waals surface area contributed by atoms with Gasteiger partial charge in [0.15, 0.2) is 0 Å². The van der Waals surface area contributed by atoms with Gasteiger partial charge in [0.05, 0.1) is 12.2 Å². The van der Waals surface area contributed by atoms with Crippen LogP contribution in [-0.4, -0.2) is 18.1 Å². The highest BCUT2D eigenvalue weighted by Crippen LogP contribution is 2.36. The monoisotopic (exact) mass is 160 g/mol. The standard InChI is InChI=1S/C8H13ClO/c9-5-6-1-2-7-3-4-8(6)10-7/h6-8H,1-5H2. The van der Waals surface area contributed by atoms with Crippen LogP contribution in [0.3, 0.4) is 0 Å². The van der Waals surface area contributed by atoms with Crippen LogP contribution in [-0.2, 0) is 4.74 Å². The fourth-order valence-electron chi connectivity index (χ4n) is 2.06. The minimum Gasteiger partial charge on any atom is -0.375 e. The first kappa shape index (κ1) is 6.93. The Balaban J connectivity index is 2.00. The van der Waals surface area contributed by atoms with Gasteiger partial charge in [0, 0.05) is 5.88 Å². The zero-order valence-electron chi connectivity index (χ0n) is 6.05. The van der Waals surface area contributed by atoms with Gasteiger partial charge >= 0.3 is 0 Å². The summed E-state index contributed by atoms with van der Waals surface area (Å²) in [5.41, 5.74) is 0. The maximum atomic E-state index is 5.79. The Bertz CT molecular complexity index is 126. The van der Waals surface area contributed by atoms with E-state index in [2.05, 4.69) is 0 Å². The highest BCUT2D eigenvalue weighted by Gasteiger charge is 2.35. The van der Waals surface area contributed by atoms with E-state index < -0.39 is 0 Å². The van der Waals surface area contributed by atoms with Crippen LogP contribution in [0.4, 0.5) is 0 Å². The van der Waals surface area contributed by atoms with E-state index in [0.717, 1.165) is 5.88 Å². The number of fused-ring (bicyclic) bond motifs is 2. The van der Waals surface area contributed by atoms with Crippen molar-refractivity contribution >= 4 is 11.6 Å². The molecule has 0 amide bonds. The summed E-state index contributed by atoms with van der Waals surface area (Å²) >= 11 is 5.79. The second-order valence-corrected chi connectivity index (χ2v) is 3.67. The molecule has 2 aliphatic heterocycles. The predicted molar refractivity (Wildman–Crippen MR) is 41.3 cm³/mol. The summed E-state index contributed by atoms with van der Waals surface area (Å²) < 4.78 is 5.72. The van der Waals surface area contributed by atoms with Crippen molar-refractivity contribution in [1.82, 2.24) is 0 Å². The number of halogens is 1. The smallest absolute Gasteiger partial charge is 0.0619 e. The summed E-state index contributed by atoms with van der Waals surface area (Å²) in [5, 5.41) is 0. The quantitative estimate of drug-likeness (QED) is 0.535. The molecule has 3 unspecified atom stereocenters. The molecule has 0 spiro atoms. The van der Waals surface area contributed by atoms with Gasteiger partial charge in [-0.1, -0.05) is 0 Å². The second kappa shape index (κ2) is 2.71. The van der Waals surface area contributed by atoms with E-state index in [1.807, 2.05) is 0 Å². The van der Waals surface area contributed by atoms with Gasteiger partial charge in [0.1, 0.15) is 0 Å². The minimum atomic E-state index is 0.510. The van der Waals surface area contributed by atoms with Crippen LogP contribution < -0.4 is 0 Å². The summed E-state index contributed by atoms with van der Waals surface area (Å²) in [6.07, 6.45) is 6.16. The lowest BCUT2D eigenvalue weighted by Gasteiger charge is -2.27. The first-order chi connectivity index (χ1) is 4.90. The molecule has 3 atom stereocenters. The average molecular weight is 161 g/mol. The molecule has 0 saturated carbocycles. The molecule has 2 heterocycles. The lowest BCUT2D eigenvalue weighted by Crippen LogP contribution is -2.28. The molecule has 2 rings (SSSR count). The van der Waals surface area contributed by atoms with E-state index >= 15 is 0 Å². The molecule has 10 heavy (non-hydrogen) atoms. The van der Waals surface area contributed by atoms with Crippen molar-refractivity contribution in [3.05, 3.63) is 0 Å². The molecule has 0 aromatic rings. The van der Waals surface area contributed by atoms with Crippen molar-refractivity contribution in [3.8, 4) is 0 Å². The number of hydrogen-bond acceptors (Lipinski definition) is 1. The van der Waals surface area contributed by atoms with Crippen LogP contribution in [0.15, 0.2) is 0 Å². The van der Waals surface area contributed by atoms with E-state index in [-0.39, 0.29) is 0 Å². The first-order valence-corrected chi connectivity index (χ1v) is 4.65. The molecule has 58 valence electrons. The van der Waals surface area contributed by atoms with E-state index in [9.17, 15) is 0 Å². The molecular weight excluding hydrogens is 148 g/mol. The van der Waals surface area contributed by atoms with E-state index in [0.29, 0.717) is 18.1 Å². The first-order valence-electron chi connectivity index (χ1n) is 4.11. The fraction of sp³-hybridized carbons (Fsp3) is 1.00. The third-order valence-electron chi connectivity index (χ3n) is 2.72. The molecule has 2 heteroatoms. The van der Waals surface area contributed by atoms with E-state index in [1.165, 1.54) is 25.7 Å². The van der Waals surface area contributed by atoms with Gasteiger partial charge in [0.2, 0.25) is 0 Å². The Hall–Kier alpha value is 0.250. The van der Waals surface area contributed by atoms with E-state index in [1.54, 1.807) is 0 Å². The Morgan fingerprint density at radius 1 is 1.20 bits per heavy atom. The normalized spacial score (nSPS) is 45.9. The Morgan fingerprint density at radius 3 is 2.80 bits per heavy atom. The third-order valence-corrected chi connectivity index (χ3v) is 3.12. The minimum absolute atomic E-state index is 0.510. The lowest BCUT2D eigenvalue weighted by atomic mass is 9.98. The van der Waals surface area contributed by atoms with Crippen LogP contribution in [0.5, 0.6) is 0 Å². The van der Waals surface area contributed by atoms with Crippen molar-refractivity contribution in [3.63, 3.8) is 0 Å². The molecule has 0 aliphatic carbocycles. The number of rotatable bonds is 1. The molecule has 0 aromatic heterocycles. The van der Waals surface area contributed by atoms with Gasteiger partial charge in [-0.15, -0.1) is 11.6 Å². The van der Waals surface area contributed by atoms with Crippen LogP contribution >= 0.6 is 11.6 Å². The number of hydrogen-bond donors (Lipinski definition) is 0. The molecule has 0 radical (unpaired) electrons. The lowest BCUT2D eigenvalue weighted by molar-refractivity contribution is -0.0252. The maximum Gasteiger partial charge on any atom is 0.0619 e. The summed E-state index contributed by atoms with van der Waals surface area (Å²) in [4.78, 5) is 0. The van der Waals surface area contributed by atoms with Crippen LogP contribution in [0, 0.1) is 5.92 Å². The van der Waals surface area contributed by atoms with Crippen molar-refractivity contribution in [1.29, 1.82) is 0 Å². The zero-order valence-corrected chi connectivity index (χ0v) is 6.81. The summed E-state index contributed by atoms with van der Waals surface area (Å²) in [6.45, 7) is 0. The molecule has 2 aliphatic rings. The van der Waals surface area contributed by atoms with Gasteiger partial charge in [0.25, 0.3) is 0 Å². The molecule has 2 saturated heterocycles. The van der Waals surface area contributed by atoms with Gasteiger partial charge < -0.3 is 4.74 Å². The summed E-state index contributed by atoms with van der Waals surface area (Å²) in [7, 11) is 0. The molecule has 2 bridgehead atoms. The highest BCUT2D eigenvalue weighted by atomic mass is 35.5. The number of alkyl halides is 1. The molecule has 2 fully saturated rings. The Morgan fingerprint density at radius 2 is 2.00 bits per heavy atom. The molecule has 1 nitrogen and oxygen atoms in total. The largest absolute Gasteiger partial charge is 0.375 e. The molecule has 0 aromatic carbocycles. The summed E-state index contributed by atoms with van der Waals surface area (Å²) in [5.74, 6) is 1.44. The van der Waals surface area contributed by atoms with Gasteiger partial charge in [-0.05, 0) is 31.6 Å². The SMILES string of the molecule is ClCC1CCC2CCC1O2. The second-order valence-electron chi connectivity index (χ2n) is 3.37. The predicted octanol–water partition coefficient (Wildman–Crippen LogP) is 2.18. The third kappa shape index (κ3) is 1.06. The van der Waals surface area contributed by atoms with E-state index in [4.69, 9.17) is 16.3 Å². The zero-order chi connectivity index (χ0) is 6.97. The molecular formula is C8H13ClO. The maximum absolute atomic E-state index is 5.79. The number of ether oxygens (including phenoxy) is 1. The van der Waals surface area contributed by atoms with Crippen LogP contribution in [0.25, 0.3) is 0 Å². The van der Waals surface area contributed by atoms with Crippen molar-refractivity contribution in [2.24, 2.45) is 5.92 Å². The van der Waals surface area contributed by atoms with Crippen LogP contribution in [0.2, 0.25) is 0 Å². The van der Waals surface area contributed by atoms with Gasteiger partial charge in [-0.3, -0.25) is 0 Å². The van der Waals surface area contributed by atoms with Gasteiger partial charge in [-0.2, -0.15) is 0 Å². The van der Waals surface area contributed by atoms with Crippen molar-refractivity contribution < 1.29 is 4.74 Å². The Kier molecular flexibility index (Phi) is 1.88. The van der Waals surface area contributed by atoms with Crippen LogP contribution in [0.1, 0.15) is 25.7 Å². The summed E-state index contributed by atoms with van der Waals surface area (Å²) in [6, 6.07) is 0. The average Bonchev–Trinajstić information content (AvgIpc) is 2.34. The fourth-order valence-corrected chi connectivity index (χ4v) is 2.41.